The van der Waals surface area contributed by atoms with Crippen molar-refractivity contribution in [2.75, 3.05) is 0 Å². The van der Waals surface area contributed by atoms with Crippen LogP contribution < -0.4 is 5.73 Å². The number of halogens is 1. The summed E-state index contributed by atoms with van der Waals surface area (Å²) in [6.07, 6.45) is 1.68. The molecule has 0 aliphatic rings. The molecular formula is C8H7BrN2O. The zero-order valence-electron chi connectivity index (χ0n) is 6.25. The lowest BCUT2D eigenvalue weighted by molar-refractivity contribution is 0.456. The molecule has 0 saturated carbocycles. The molecule has 0 unspecified atom stereocenters. The maximum absolute atomic E-state index is 5.58. The first kappa shape index (κ1) is 7.76. The Morgan fingerprint density at radius 2 is 2.33 bits per heavy atom. The summed E-state index contributed by atoms with van der Waals surface area (Å²) in [5.74, 6) is 0. The minimum absolute atomic E-state index is 0.485. The van der Waals surface area contributed by atoms with E-state index >= 15 is 0 Å². The van der Waals surface area contributed by atoms with Gasteiger partial charge in [0.25, 0.3) is 0 Å². The monoisotopic (exact) mass is 226 g/mol. The SMILES string of the molecule is NCc1c(Br)ccc2oncc12. The number of nitrogens with two attached hydrogens (primary N) is 1. The van der Waals surface area contributed by atoms with Crippen LogP contribution in [0.1, 0.15) is 5.56 Å². The van der Waals surface area contributed by atoms with Gasteiger partial charge in [-0.3, -0.25) is 0 Å². The summed E-state index contributed by atoms with van der Waals surface area (Å²) in [4.78, 5) is 0. The van der Waals surface area contributed by atoms with Gasteiger partial charge >= 0.3 is 0 Å². The molecule has 1 aromatic heterocycles. The van der Waals surface area contributed by atoms with Gasteiger partial charge in [0.05, 0.1) is 6.20 Å². The van der Waals surface area contributed by atoms with Gasteiger partial charge < -0.3 is 10.3 Å². The Balaban J connectivity index is 2.83. The summed E-state index contributed by atoms with van der Waals surface area (Å²) in [7, 11) is 0. The number of benzene rings is 1. The number of hydrogen-bond acceptors (Lipinski definition) is 3. The standard InChI is InChI=1S/C8H7BrN2O/c9-7-1-2-8-6(4-11-12-8)5(7)3-10/h1-2,4H,3,10H2. The van der Waals surface area contributed by atoms with E-state index in [9.17, 15) is 0 Å². The van der Waals surface area contributed by atoms with Crippen LogP contribution in [0.4, 0.5) is 0 Å². The van der Waals surface area contributed by atoms with Gasteiger partial charge in [0.15, 0.2) is 5.58 Å². The smallest absolute Gasteiger partial charge is 0.167 e. The van der Waals surface area contributed by atoms with E-state index in [0.717, 1.165) is 21.0 Å². The van der Waals surface area contributed by atoms with Crippen LogP contribution in [0.15, 0.2) is 27.3 Å². The fraction of sp³-hybridized carbons (Fsp3) is 0.125. The second kappa shape index (κ2) is 2.88. The van der Waals surface area contributed by atoms with Gasteiger partial charge in [0.1, 0.15) is 0 Å². The number of hydrogen-bond donors (Lipinski definition) is 1. The van der Waals surface area contributed by atoms with Gasteiger partial charge in [0.2, 0.25) is 0 Å². The van der Waals surface area contributed by atoms with Crippen molar-refractivity contribution in [1.82, 2.24) is 5.16 Å². The number of nitrogens with zero attached hydrogens (tertiary/aromatic N) is 1. The molecule has 2 N–H and O–H groups in total. The fourth-order valence-corrected chi connectivity index (χ4v) is 1.69. The third kappa shape index (κ3) is 1.04. The Labute approximate surface area is 77.7 Å². The average Bonchev–Trinajstić information content (AvgIpc) is 2.52. The van der Waals surface area contributed by atoms with Gasteiger partial charge in [0, 0.05) is 16.4 Å². The van der Waals surface area contributed by atoms with E-state index in [0.29, 0.717) is 6.54 Å². The topological polar surface area (TPSA) is 52.0 Å². The third-order valence-corrected chi connectivity index (χ3v) is 2.54. The maximum atomic E-state index is 5.58. The Kier molecular flexibility index (Phi) is 1.86. The van der Waals surface area contributed by atoms with Gasteiger partial charge in [-0.05, 0) is 17.7 Å². The van der Waals surface area contributed by atoms with E-state index in [2.05, 4.69) is 21.1 Å². The zero-order chi connectivity index (χ0) is 8.55. The zero-order valence-corrected chi connectivity index (χ0v) is 7.84. The molecule has 0 bridgehead atoms. The van der Waals surface area contributed by atoms with E-state index in [1.54, 1.807) is 6.20 Å². The highest BCUT2D eigenvalue weighted by Gasteiger charge is 2.06. The van der Waals surface area contributed by atoms with E-state index < -0.39 is 0 Å². The predicted octanol–water partition coefficient (Wildman–Crippen LogP) is 2.05. The second-order valence-corrected chi connectivity index (χ2v) is 3.32. The van der Waals surface area contributed by atoms with Crippen molar-refractivity contribution in [2.24, 2.45) is 5.73 Å². The molecule has 2 aromatic rings. The van der Waals surface area contributed by atoms with Crippen LogP contribution in [0.2, 0.25) is 0 Å². The molecule has 0 saturated heterocycles. The quantitative estimate of drug-likeness (QED) is 0.810. The summed E-state index contributed by atoms with van der Waals surface area (Å²) in [6.45, 7) is 0.485. The molecule has 4 heteroatoms. The Morgan fingerprint density at radius 3 is 3.08 bits per heavy atom. The first-order valence-electron chi connectivity index (χ1n) is 3.55. The molecule has 0 radical (unpaired) electrons. The third-order valence-electron chi connectivity index (χ3n) is 1.80. The number of rotatable bonds is 1. The Hall–Kier alpha value is -0.870. The molecule has 62 valence electrons. The van der Waals surface area contributed by atoms with Crippen molar-refractivity contribution in [1.29, 1.82) is 0 Å². The van der Waals surface area contributed by atoms with Crippen LogP contribution in [0.5, 0.6) is 0 Å². The fourth-order valence-electron chi connectivity index (χ4n) is 1.18. The van der Waals surface area contributed by atoms with Crippen molar-refractivity contribution >= 4 is 26.9 Å². The van der Waals surface area contributed by atoms with Gasteiger partial charge in [-0.2, -0.15) is 0 Å². The van der Waals surface area contributed by atoms with Crippen LogP contribution >= 0.6 is 15.9 Å². The molecule has 1 aromatic carbocycles. The van der Waals surface area contributed by atoms with Crippen LogP contribution in [-0.4, -0.2) is 5.16 Å². The van der Waals surface area contributed by atoms with Crippen LogP contribution in [0.25, 0.3) is 11.0 Å². The highest BCUT2D eigenvalue weighted by molar-refractivity contribution is 9.10. The Morgan fingerprint density at radius 1 is 1.50 bits per heavy atom. The first-order chi connectivity index (χ1) is 5.83. The van der Waals surface area contributed by atoms with Crippen molar-refractivity contribution in [3.8, 4) is 0 Å². The first-order valence-corrected chi connectivity index (χ1v) is 4.34. The average molecular weight is 227 g/mol. The van der Waals surface area contributed by atoms with Crippen molar-refractivity contribution in [3.05, 3.63) is 28.4 Å². The molecule has 1 heterocycles. The molecule has 0 atom stereocenters. The molecule has 0 fully saturated rings. The van der Waals surface area contributed by atoms with Crippen LogP contribution in [0, 0.1) is 0 Å². The molecule has 3 nitrogen and oxygen atoms in total. The number of aromatic nitrogens is 1. The summed E-state index contributed by atoms with van der Waals surface area (Å²) in [5.41, 5.74) is 7.39. The molecule has 0 amide bonds. The number of fused-ring (bicyclic) bond motifs is 1. The van der Waals surface area contributed by atoms with Crippen molar-refractivity contribution < 1.29 is 4.52 Å². The minimum Gasteiger partial charge on any atom is -0.356 e. The van der Waals surface area contributed by atoms with E-state index in [1.165, 1.54) is 0 Å². The van der Waals surface area contributed by atoms with Gasteiger partial charge in [-0.1, -0.05) is 21.1 Å². The maximum Gasteiger partial charge on any atom is 0.167 e. The van der Waals surface area contributed by atoms with Crippen molar-refractivity contribution in [2.45, 2.75) is 6.54 Å². The molecular weight excluding hydrogens is 220 g/mol. The molecule has 0 aliphatic heterocycles. The summed E-state index contributed by atoms with van der Waals surface area (Å²) in [5, 5.41) is 4.68. The van der Waals surface area contributed by atoms with Crippen molar-refractivity contribution in [3.63, 3.8) is 0 Å². The lowest BCUT2D eigenvalue weighted by Crippen LogP contribution is -1.97. The summed E-state index contributed by atoms with van der Waals surface area (Å²) >= 11 is 3.41. The normalized spacial score (nSPS) is 10.8. The summed E-state index contributed by atoms with van der Waals surface area (Å²) in [6, 6.07) is 3.78. The lowest BCUT2D eigenvalue weighted by atomic mass is 10.1. The lowest BCUT2D eigenvalue weighted by Gasteiger charge is -1.99. The van der Waals surface area contributed by atoms with Gasteiger partial charge in [-0.15, -0.1) is 0 Å². The highest BCUT2D eigenvalue weighted by Crippen LogP contribution is 2.25. The van der Waals surface area contributed by atoms with Crippen LogP contribution in [0.3, 0.4) is 0 Å². The van der Waals surface area contributed by atoms with E-state index in [1.807, 2.05) is 12.1 Å². The molecule has 12 heavy (non-hydrogen) atoms. The van der Waals surface area contributed by atoms with Gasteiger partial charge in [-0.25, -0.2) is 0 Å². The molecule has 0 spiro atoms. The predicted molar refractivity (Wildman–Crippen MR) is 49.6 cm³/mol. The van der Waals surface area contributed by atoms with Crippen LogP contribution in [-0.2, 0) is 6.54 Å². The summed E-state index contributed by atoms with van der Waals surface area (Å²) < 4.78 is 5.99. The van der Waals surface area contributed by atoms with E-state index in [4.69, 9.17) is 10.3 Å². The molecule has 0 aliphatic carbocycles. The van der Waals surface area contributed by atoms with E-state index in [-0.39, 0.29) is 0 Å². The minimum atomic E-state index is 0.485. The second-order valence-electron chi connectivity index (χ2n) is 2.47. The largest absolute Gasteiger partial charge is 0.356 e. The Bertz CT molecular complexity index is 410. The molecule has 2 rings (SSSR count). The highest BCUT2D eigenvalue weighted by atomic mass is 79.9.